The zero-order chi connectivity index (χ0) is 23.6. The van der Waals surface area contributed by atoms with E-state index >= 15 is 0 Å². The van der Waals surface area contributed by atoms with Crippen molar-refractivity contribution in [1.29, 1.82) is 0 Å². The Morgan fingerprint density at radius 2 is 1.81 bits per heavy atom. The van der Waals surface area contributed by atoms with E-state index in [1.807, 2.05) is 0 Å². The van der Waals surface area contributed by atoms with Crippen molar-refractivity contribution in [3.8, 4) is 5.75 Å². The monoisotopic (exact) mass is 476 g/mol. The third-order valence-corrected chi connectivity index (χ3v) is 5.92. The average molecular weight is 477 g/mol. The van der Waals surface area contributed by atoms with Gasteiger partial charge in [0.2, 0.25) is 5.91 Å². The number of phenolic OH excluding ortho intramolecular Hbond substituents is 1. The molecule has 0 fully saturated rings. The van der Waals surface area contributed by atoms with Crippen LogP contribution in [0.4, 0.5) is 0 Å². The second-order valence-corrected chi connectivity index (χ2v) is 8.42. The van der Waals surface area contributed by atoms with Crippen LogP contribution in [-0.4, -0.2) is 38.6 Å². The van der Waals surface area contributed by atoms with Crippen LogP contribution in [0, 0.1) is 6.92 Å². The van der Waals surface area contributed by atoms with E-state index in [1.54, 1.807) is 38.1 Å². The van der Waals surface area contributed by atoms with Crippen molar-refractivity contribution in [2.24, 2.45) is 0 Å². The van der Waals surface area contributed by atoms with Crippen molar-refractivity contribution in [3.05, 3.63) is 63.3 Å². The van der Waals surface area contributed by atoms with Crippen molar-refractivity contribution in [2.75, 3.05) is 0 Å². The summed E-state index contributed by atoms with van der Waals surface area (Å²) in [6, 6.07) is 8.82. The first-order valence-electron chi connectivity index (χ1n) is 9.92. The van der Waals surface area contributed by atoms with Crippen LogP contribution >= 0.6 is 23.2 Å². The fourth-order valence-corrected chi connectivity index (χ4v) is 4.00. The maximum absolute atomic E-state index is 13.3. The van der Waals surface area contributed by atoms with Gasteiger partial charge in [-0.2, -0.15) is 0 Å². The van der Waals surface area contributed by atoms with Crippen LogP contribution in [0.3, 0.4) is 0 Å². The van der Waals surface area contributed by atoms with Gasteiger partial charge in [-0.1, -0.05) is 23.2 Å². The number of hydrogen-bond donors (Lipinski definition) is 3. The van der Waals surface area contributed by atoms with E-state index in [9.17, 15) is 19.5 Å². The van der Waals surface area contributed by atoms with Crippen LogP contribution in [0.15, 0.2) is 36.4 Å². The molecule has 2 aromatic carbocycles. The van der Waals surface area contributed by atoms with E-state index in [0.717, 1.165) is 5.56 Å². The predicted molar refractivity (Wildman–Crippen MR) is 123 cm³/mol. The molecule has 9 heteroatoms. The highest BCUT2D eigenvalue weighted by Gasteiger charge is 2.21. The number of carbonyl (C=O) groups is 3. The maximum Gasteiger partial charge on any atom is 0.305 e. The first-order chi connectivity index (χ1) is 15.1. The Morgan fingerprint density at radius 3 is 2.47 bits per heavy atom. The summed E-state index contributed by atoms with van der Waals surface area (Å²) in [5.74, 6) is -1.57. The Kier molecular flexibility index (Phi) is 7.11. The van der Waals surface area contributed by atoms with Crippen LogP contribution < -0.4 is 5.32 Å². The number of carboxylic acids is 1. The van der Waals surface area contributed by atoms with E-state index in [-0.39, 0.29) is 35.4 Å². The van der Waals surface area contributed by atoms with Gasteiger partial charge in [0.1, 0.15) is 5.75 Å². The van der Waals surface area contributed by atoms with Crippen LogP contribution in [0.25, 0.3) is 10.9 Å². The smallest absolute Gasteiger partial charge is 0.305 e. The van der Waals surface area contributed by atoms with Crippen molar-refractivity contribution in [1.82, 2.24) is 9.88 Å². The first-order valence-corrected chi connectivity index (χ1v) is 10.7. The Labute approximate surface area is 194 Å². The van der Waals surface area contributed by atoms with Crippen molar-refractivity contribution < 1.29 is 24.6 Å². The summed E-state index contributed by atoms with van der Waals surface area (Å²) in [6.45, 7) is 3.39. The maximum atomic E-state index is 13.3. The minimum atomic E-state index is -0.993. The number of nitrogens with zero attached hydrogens (tertiary/aromatic N) is 1. The van der Waals surface area contributed by atoms with E-state index < -0.39 is 12.0 Å². The quantitative estimate of drug-likeness (QED) is 0.462. The third-order valence-electron chi connectivity index (χ3n) is 5.18. The number of aromatic hydroxyl groups is 1. The first kappa shape index (κ1) is 23.6. The summed E-state index contributed by atoms with van der Waals surface area (Å²) in [5, 5.41) is 22.7. The second kappa shape index (κ2) is 9.63. The minimum absolute atomic E-state index is 0.0393. The number of carboxylic acid groups (broad SMARTS) is 1. The van der Waals surface area contributed by atoms with Crippen LogP contribution in [0.5, 0.6) is 5.75 Å². The van der Waals surface area contributed by atoms with Gasteiger partial charge in [0.25, 0.3) is 5.91 Å². The number of aliphatic carboxylic acids is 1. The fourth-order valence-electron chi connectivity index (χ4n) is 3.71. The van der Waals surface area contributed by atoms with Crippen LogP contribution in [-0.2, 0) is 16.0 Å². The molecule has 0 aliphatic heterocycles. The topological polar surface area (TPSA) is 109 Å². The molecule has 1 amide bonds. The lowest BCUT2D eigenvalue weighted by Crippen LogP contribution is -2.34. The van der Waals surface area contributed by atoms with E-state index in [2.05, 4.69) is 5.32 Å². The molecule has 0 saturated carbocycles. The summed E-state index contributed by atoms with van der Waals surface area (Å²) < 4.78 is 1.52. The third kappa shape index (κ3) is 5.06. The number of nitrogens with one attached hydrogen (secondary N) is 1. The van der Waals surface area contributed by atoms with E-state index in [4.69, 9.17) is 28.3 Å². The average Bonchev–Trinajstić information content (AvgIpc) is 2.97. The Bertz CT molecular complexity index is 1220. The molecule has 0 bridgehead atoms. The molecule has 0 saturated heterocycles. The van der Waals surface area contributed by atoms with Gasteiger partial charge in [-0.15, -0.1) is 0 Å². The lowest BCUT2D eigenvalue weighted by Gasteiger charge is -2.11. The predicted octanol–water partition coefficient (Wildman–Crippen LogP) is 4.56. The number of aromatic nitrogens is 1. The Balaban J connectivity index is 1.94. The zero-order valence-electron chi connectivity index (χ0n) is 17.5. The van der Waals surface area contributed by atoms with Crippen molar-refractivity contribution >= 4 is 51.9 Å². The number of amides is 1. The van der Waals surface area contributed by atoms with Gasteiger partial charge >= 0.3 is 5.97 Å². The molecule has 3 rings (SSSR count). The van der Waals surface area contributed by atoms with Crippen molar-refractivity contribution in [2.45, 2.75) is 39.2 Å². The largest absolute Gasteiger partial charge is 0.508 e. The minimum Gasteiger partial charge on any atom is -0.508 e. The Hall–Kier alpha value is -3.03. The van der Waals surface area contributed by atoms with Gasteiger partial charge in [-0.05, 0) is 62.2 Å². The molecule has 1 atom stereocenters. The standard InChI is InChI=1S/C23H22Cl2N2O5/c1-12(9-22(30)31)26-21(29)8-5-16-13(2)27(20-7-4-15(28)11-17(16)20)23(32)14-3-6-18(24)19(25)10-14/h3-4,6-7,10-12,28H,5,8-9H2,1-2H3,(H,26,29)(H,30,31)/t12-/m0/s1. The molecule has 32 heavy (non-hydrogen) atoms. The molecule has 1 heterocycles. The summed E-state index contributed by atoms with van der Waals surface area (Å²) in [4.78, 5) is 36.4. The number of hydrogen-bond acceptors (Lipinski definition) is 4. The summed E-state index contributed by atoms with van der Waals surface area (Å²) in [5.41, 5.74) is 2.31. The number of rotatable bonds is 7. The molecule has 0 aliphatic rings. The van der Waals surface area contributed by atoms with E-state index in [1.165, 1.54) is 16.7 Å². The highest BCUT2D eigenvalue weighted by atomic mass is 35.5. The molecule has 7 nitrogen and oxygen atoms in total. The normalized spacial score (nSPS) is 12.0. The molecule has 0 unspecified atom stereocenters. The molecule has 3 N–H and O–H groups in total. The molecule has 1 aromatic heterocycles. The Morgan fingerprint density at radius 1 is 1.09 bits per heavy atom. The fraction of sp³-hybridized carbons (Fsp3) is 0.261. The molecule has 0 spiro atoms. The number of fused-ring (bicyclic) bond motifs is 1. The number of aryl methyl sites for hydroxylation is 1. The summed E-state index contributed by atoms with van der Waals surface area (Å²) in [6.07, 6.45) is 0.232. The summed E-state index contributed by atoms with van der Waals surface area (Å²) >= 11 is 12.0. The van der Waals surface area contributed by atoms with Gasteiger partial charge in [-0.3, -0.25) is 19.0 Å². The van der Waals surface area contributed by atoms with Gasteiger partial charge in [0.05, 0.1) is 22.0 Å². The van der Waals surface area contributed by atoms with Gasteiger partial charge in [0.15, 0.2) is 0 Å². The molecule has 0 aliphatic carbocycles. The highest BCUT2D eigenvalue weighted by Crippen LogP contribution is 2.31. The van der Waals surface area contributed by atoms with Gasteiger partial charge in [0, 0.05) is 29.1 Å². The molecular weight excluding hydrogens is 455 g/mol. The van der Waals surface area contributed by atoms with Gasteiger partial charge in [-0.25, -0.2) is 0 Å². The number of benzene rings is 2. The lowest BCUT2D eigenvalue weighted by molar-refractivity contribution is -0.137. The van der Waals surface area contributed by atoms with Gasteiger partial charge < -0.3 is 15.5 Å². The number of halogens is 2. The van der Waals surface area contributed by atoms with Crippen LogP contribution in [0.1, 0.15) is 41.4 Å². The number of phenols is 1. The lowest BCUT2D eigenvalue weighted by atomic mass is 10.0. The molecule has 3 aromatic rings. The number of carbonyl (C=O) groups excluding carboxylic acids is 2. The zero-order valence-corrected chi connectivity index (χ0v) is 19.0. The van der Waals surface area contributed by atoms with Crippen molar-refractivity contribution in [3.63, 3.8) is 0 Å². The van der Waals surface area contributed by atoms with E-state index in [0.29, 0.717) is 33.6 Å². The highest BCUT2D eigenvalue weighted by molar-refractivity contribution is 6.42. The molecule has 0 radical (unpaired) electrons. The SMILES string of the molecule is Cc1c(CCC(=O)N[C@@H](C)CC(=O)O)c2cc(O)ccc2n1C(=O)c1ccc(Cl)c(Cl)c1. The molecule has 168 valence electrons. The molecular formula is C23H22Cl2N2O5. The summed E-state index contributed by atoms with van der Waals surface area (Å²) in [7, 11) is 0. The van der Waals surface area contributed by atoms with Crippen LogP contribution in [0.2, 0.25) is 10.0 Å². The second-order valence-electron chi connectivity index (χ2n) is 7.60.